The monoisotopic (exact) mass is 168 g/mol. The molecule has 0 N–H and O–H groups in total. The van der Waals surface area contributed by atoms with Crippen LogP contribution in [0.4, 0.5) is 0 Å². The summed E-state index contributed by atoms with van der Waals surface area (Å²) in [6.07, 6.45) is 5.22. The van der Waals surface area contributed by atoms with Crippen LogP contribution in [0.15, 0.2) is 0 Å². The standard InChI is InChI=1S/C10H18NO/c1-6-7-11(4,5)8-9(2)10(3)12/h1,9H,7-8H2,2-5H3/q+1/t9-/m0/s1. The Hall–Kier alpha value is -0.810. The molecule has 0 aliphatic carbocycles. The lowest BCUT2D eigenvalue weighted by Gasteiger charge is -2.29. The van der Waals surface area contributed by atoms with Crippen molar-refractivity contribution in [2.75, 3.05) is 27.2 Å². The molecule has 0 aliphatic heterocycles. The number of hydrogen-bond acceptors (Lipinski definition) is 1. The number of terminal acetylenes is 1. The average Bonchev–Trinajstić information content (AvgIpc) is 1.85. The molecule has 0 aromatic heterocycles. The van der Waals surface area contributed by atoms with Crippen molar-refractivity contribution in [2.24, 2.45) is 5.92 Å². The van der Waals surface area contributed by atoms with Gasteiger partial charge in [0.05, 0.1) is 26.6 Å². The fraction of sp³-hybridized carbons (Fsp3) is 0.700. The minimum absolute atomic E-state index is 0.105. The molecule has 0 radical (unpaired) electrons. The van der Waals surface area contributed by atoms with E-state index in [9.17, 15) is 4.79 Å². The first-order chi connectivity index (χ1) is 5.39. The molecular weight excluding hydrogens is 150 g/mol. The summed E-state index contributed by atoms with van der Waals surface area (Å²) in [5.74, 6) is 2.95. The van der Waals surface area contributed by atoms with Crippen LogP contribution in [0.2, 0.25) is 0 Å². The Balaban J connectivity index is 4.07. The summed E-state index contributed by atoms with van der Waals surface area (Å²) in [4.78, 5) is 11.0. The number of ketones is 1. The van der Waals surface area contributed by atoms with E-state index in [0.29, 0.717) is 6.54 Å². The Bertz CT molecular complexity index is 200. The third kappa shape index (κ3) is 4.15. The molecule has 68 valence electrons. The number of rotatable bonds is 4. The Morgan fingerprint density at radius 3 is 2.42 bits per heavy atom. The van der Waals surface area contributed by atoms with Crippen molar-refractivity contribution in [3.05, 3.63) is 0 Å². The quantitative estimate of drug-likeness (QED) is 0.450. The summed E-state index contributed by atoms with van der Waals surface area (Å²) in [5, 5.41) is 0. The minimum atomic E-state index is 0.105. The van der Waals surface area contributed by atoms with E-state index >= 15 is 0 Å². The SMILES string of the molecule is C#CC[N+](C)(C)C[C@H](C)C(C)=O. The predicted octanol–water partition coefficient (Wildman–Crippen LogP) is 0.921. The smallest absolute Gasteiger partial charge is 0.140 e. The lowest BCUT2D eigenvalue weighted by atomic mass is 10.1. The fourth-order valence-electron chi connectivity index (χ4n) is 1.18. The van der Waals surface area contributed by atoms with E-state index in [4.69, 9.17) is 6.42 Å². The van der Waals surface area contributed by atoms with Crippen molar-refractivity contribution in [2.45, 2.75) is 13.8 Å². The van der Waals surface area contributed by atoms with Gasteiger partial charge in [-0.2, -0.15) is 0 Å². The second-order valence-corrected chi connectivity index (χ2v) is 3.99. The lowest BCUT2D eigenvalue weighted by Crippen LogP contribution is -2.44. The zero-order valence-corrected chi connectivity index (χ0v) is 8.42. The molecule has 0 unspecified atom stereocenters. The van der Waals surface area contributed by atoms with Crippen LogP contribution < -0.4 is 0 Å². The molecule has 1 atom stereocenters. The fourth-order valence-corrected chi connectivity index (χ4v) is 1.18. The number of quaternary nitrogens is 1. The molecule has 0 spiro atoms. The summed E-state index contributed by atoms with van der Waals surface area (Å²) in [6.45, 7) is 5.07. The number of carbonyl (C=O) groups excluding carboxylic acids is 1. The van der Waals surface area contributed by atoms with Crippen LogP contribution in [0.25, 0.3) is 0 Å². The van der Waals surface area contributed by atoms with Crippen LogP contribution >= 0.6 is 0 Å². The average molecular weight is 168 g/mol. The van der Waals surface area contributed by atoms with Gasteiger partial charge in [0.2, 0.25) is 0 Å². The van der Waals surface area contributed by atoms with E-state index in [1.54, 1.807) is 6.92 Å². The minimum Gasteiger partial charge on any atom is -0.318 e. The first kappa shape index (κ1) is 11.2. The molecular formula is C10H18NO+. The zero-order chi connectivity index (χ0) is 9.78. The molecule has 0 bridgehead atoms. The van der Waals surface area contributed by atoms with Crippen molar-refractivity contribution in [1.82, 2.24) is 0 Å². The van der Waals surface area contributed by atoms with E-state index in [-0.39, 0.29) is 11.7 Å². The van der Waals surface area contributed by atoms with Gasteiger partial charge < -0.3 is 4.48 Å². The van der Waals surface area contributed by atoms with Crippen LogP contribution in [-0.4, -0.2) is 37.5 Å². The molecule has 2 nitrogen and oxygen atoms in total. The van der Waals surface area contributed by atoms with Gasteiger partial charge in [0, 0.05) is 0 Å². The van der Waals surface area contributed by atoms with Gasteiger partial charge in [-0.1, -0.05) is 6.92 Å². The van der Waals surface area contributed by atoms with Crippen LogP contribution in [0.5, 0.6) is 0 Å². The Morgan fingerprint density at radius 2 is 2.08 bits per heavy atom. The van der Waals surface area contributed by atoms with Gasteiger partial charge in [-0.05, 0) is 12.8 Å². The summed E-state index contributed by atoms with van der Waals surface area (Å²) in [6, 6.07) is 0. The lowest BCUT2D eigenvalue weighted by molar-refractivity contribution is -0.885. The topological polar surface area (TPSA) is 17.1 Å². The molecule has 0 saturated heterocycles. The molecule has 0 aromatic rings. The normalized spacial score (nSPS) is 13.6. The first-order valence-electron chi connectivity index (χ1n) is 4.15. The summed E-state index contributed by atoms with van der Waals surface area (Å²) in [5.41, 5.74) is 0. The van der Waals surface area contributed by atoms with E-state index in [1.807, 2.05) is 21.0 Å². The van der Waals surface area contributed by atoms with E-state index in [0.717, 1.165) is 11.0 Å². The summed E-state index contributed by atoms with van der Waals surface area (Å²) >= 11 is 0. The molecule has 0 amide bonds. The van der Waals surface area contributed by atoms with Gasteiger partial charge in [-0.25, -0.2) is 0 Å². The van der Waals surface area contributed by atoms with Gasteiger partial charge in [-0.15, -0.1) is 6.42 Å². The molecule has 0 heterocycles. The molecule has 0 rings (SSSR count). The molecule has 0 aromatic carbocycles. The highest BCUT2D eigenvalue weighted by Crippen LogP contribution is 2.05. The van der Waals surface area contributed by atoms with E-state index in [2.05, 4.69) is 5.92 Å². The van der Waals surface area contributed by atoms with Gasteiger partial charge in [0.25, 0.3) is 0 Å². The molecule has 0 aliphatic rings. The number of Topliss-reactive ketones (excluding diaryl/α,β-unsaturated/α-hetero) is 1. The third-order valence-corrected chi connectivity index (χ3v) is 1.98. The number of hydrogen-bond donors (Lipinski definition) is 0. The number of nitrogens with zero attached hydrogens (tertiary/aromatic N) is 1. The second-order valence-electron chi connectivity index (χ2n) is 3.99. The van der Waals surface area contributed by atoms with Gasteiger partial charge in [0.1, 0.15) is 12.3 Å². The Morgan fingerprint density at radius 1 is 1.58 bits per heavy atom. The van der Waals surface area contributed by atoms with Crippen LogP contribution in [0, 0.1) is 18.3 Å². The van der Waals surface area contributed by atoms with Crippen molar-refractivity contribution in [3.63, 3.8) is 0 Å². The van der Waals surface area contributed by atoms with Crippen molar-refractivity contribution in [1.29, 1.82) is 0 Å². The van der Waals surface area contributed by atoms with Crippen LogP contribution in [-0.2, 0) is 4.79 Å². The second kappa shape index (κ2) is 4.27. The third-order valence-electron chi connectivity index (χ3n) is 1.98. The summed E-state index contributed by atoms with van der Waals surface area (Å²) < 4.78 is 0.719. The zero-order valence-electron chi connectivity index (χ0n) is 8.42. The largest absolute Gasteiger partial charge is 0.318 e. The molecule has 12 heavy (non-hydrogen) atoms. The van der Waals surface area contributed by atoms with E-state index < -0.39 is 0 Å². The molecule has 2 heteroatoms. The maximum atomic E-state index is 11.0. The van der Waals surface area contributed by atoms with Gasteiger partial charge in [0.15, 0.2) is 0 Å². The first-order valence-corrected chi connectivity index (χ1v) is 4.15. The molecule has 0 saturated carbocycles. The Labute approximate surface area is 75.2 Å². The predicted molar refractivity (Wildman–Crippen MR) is 50.5 cm³/mol. The Kier molecular flexibility index (Phi) is 3.99. The van der Waals surface area contributed by atoms with Gasteiger partial charge in [-0.3, -0.25) is 4.79 Å². The highest BCUT2D eigenvalue weighted by atomic mass is 16.1. The highest BCUT2D eigenvalue weighted by molar-refractivity contribution is 5.77. The number of carbonyl (C=O) groups is 1. The van der Waals surface area contributed by atoms with E-state index in [1.165, 1.54) is 0 Å². The maximum Gasteiger partial charge on any atom is 0.140 e. The molecule has 0 fully saturated rings. The van der Waals surface area contributed by atoms with Crippen molar-refractivity contribution < 1.29 is 9.28 Å². The van der Waals surface area contributed by atoms with Crippen molar-refractivity contribution >= 4 is 5.78 Å². The van der Waals surface area contributed by atoms with Crippen LogP contribution in [0.3, 0.4) is 0 Å². The van der Waals surface area contributed by atoms with Gasteiger partial charge >= 0.3 is 0 Å². The highest BCUT2D eigenvalue weighted by Gasteiger charge is 2.20. The summed E-state index contributed by atoms with van der Waals surface area (Å²) in [7, 11) is 4.08. The maximum absolute atomic E-state index is 11.0. The van der Waals surface area contributed by atoms with Crippen LogP contribution in [0.1, 0.15) is 13.8 Å². The van der Waals surface area contributed by atoms with Crippen molar-refractivity contribution in [3.8, 4) is 12.3 Å².